The van der Waals surface area contributed by atoms with Gasteiger partial charge in [0.2, 0.25) is 0 Å². The van der Waals surface area contributed by atoms with Gasteiger partial charge in [0.1, 0.15) is 5.75 Å². The molecule has 0 atom stereocenters. The quantitative estimate of drug-likeness (QED) is 0.353. The van der Waals surface area contributed by atoms with E-state index in [-0.39, 0.29) is 5.52 Å². The second-order valence-electron chi connectivity index (χ2n) is 6.46. The number of nitrogens with zero attached hydrogens (tertiary/aromatic N) is 1. The third kappa shape index (κ3) is 3.54. The Hall–Kier alpha value is -3.05. The summed E-state index contributed by atoms with van der Waals surface area (Å²) in [5, 5.41) is 0.831. The Morgan fingerprint density at radius 1 is 0.897 bits per heavy atom. The van der Waals surface area contributed by atoms with Crippen LogP contribution in [0.25, 0.3) is 33.2 Å². The first-order chi connectivity index (χ1) is 13.9. The lowest BCUT2D eigenvalue weighted by molar-refractivity contribution is -0.136. The molecule has 0 spiro atoms. The molecule has 29 heavy (non-hydrogen) atoms. The number of rotatable bonds is 3. The number of alkyl halides is 3. The minimum atomic E-state index is -4.50. The van der Waals surface area contributed by atoms with Crippen LogP contribution in [-0.2, 0) is 6.18 Å². The maximum Gasteiger partial charge on any atom is 0.418 e. The molecule has 1 heterocycles. The number of halogens is 4. The molecule has 0 radical (unpaired) electrons. The standard InChI is InChI=1S/C23H15ClF3NO/c1-29-20-12-15(10-11-19(20)24)21-16-8-5-9-18(23(25,26)27)22(16)28-13-17(21)14-6-3-2-4-7-14/h2-13H,1H3. The highest BCUT2D eigenvalue weighted by Gasteiger charge is 2.33. The Balaban J connectivity index is 2.11. The molecule has 0 saturated carbocycles. The van der Waals surface area contributed by atoms with Gasteiger partial charge >= 0.3 is 6.18 Å². The number of fused-ring (bicyclic) bond motifs is 1. The van der Waals surface area contributed by atoms with Crippen molar-refractivity contribution < 1.29 is 17.9 Å². The Bertz CT molecular complexity index is 1190. The number of ether oxygens (including phenoxy) is 1. The zero-order chi connectivity index (χ0) is 20.6. The molecule has 0 N–H and O–H groups in total. The summed E-state index contributed by atoms with van der Waals surface area (Å²) in [7, 11) is 1.50. The summed E-state index contributed by atoms with van der Waals surface area (Å²) >= 11 is 6.16. The van der Waals surface area contributed by atoms with E-state index in [1.165, 1.54) is 19.4 Å². The van der Waals surface area contributed by atoms with Crippen LogP contribution in [0.2, 0.25) is 5.02 Å². The lowest BCUT2D eigenvalue weighted by atomic mass is 9.91. The minimum absolute atomic E-state index is 0.0939. The van der Waals surface area contributed by atoms with E-state index in [4.69, 9.17) is 16.3 Å². The number of methoxy groups -OCH3 is 1. The predicted octanol–water partition coefficient (Wildman–Crippen LogP) is 7.25. The Labute approximate surface area is 170 Å². The zero-order valence-electron chi connectivity index (χ0n) is 15.3. The van der Waals surface area contributed by atoms with Crippen LogP contribution in [0.4, 0.5) is 13.2 Å². The molecule has 0 amide bonds. The van der Waals surface area contributed by atoms with Gasteiger partial charge in [-0.3, -0.25) is 4.98 Å². The molecule has 4 rings (SSSR count). The first-order valence-electron chi connectivity index (χ1n) is 8.78. The van der Waals surface area contributed by atoms with E-state index < -0.39 is 11.7 Å². The second kappa shape index (κ2) is 7.41. The molecule has 4 aromatic rings. The van der Waals surface area contributed by atoms with Gasteiger partial charge in [-0.05, 0) is 29.3 Å². The number of benzene rings is 3. The van der Waals surface area contributed by atoms with Gasteiger partial charge in [0.05, 0.1) is 23.2 Å². The van der Waals surface area contributed by atoms with Crippen LogP contribution in [0.1, 0.15) is 5.56 Å². The summed E-state index contributed by atoms with van der Waals surface area (Å²) in [6.07, 6.45) is -3.01. The molecular weight excluding hydrogens is 399 g/mol. The number of hydrogen-bond acceptors (Lipinski definition) is 2. The van der Waals surface area contributed by atoms with Crippen LogP contribution < -0.4 is 4.74 Å². The van der Waals surface area contributed by atoms with Crippen LogP contribution in [0.3, 0.4) is 0 Å². The van der Waals surface area contributed by atoms with Crippen molar-refractivity contribution in [2.24, 2.45) is 0 Å². The number of para-hydroxylation sites is 1. The Morgan fingerprint density at radius 3 is 2.34 bits per heavy atom. The number of hydrogen-bond donors (Lipinski definition) is 0. The van der Waals surface area contributed by atoms with E-state index in [1.807, 2.05) is 30.3 Å². The summed E-state index contributed by atoms with van der Waals surface area (Å²) in [6.45, 7) is 0. The molecule has 0 aliphatic heterocycles. The lowest BCUT2D eigenvalue weighted by Gasteiger charge is -2.17. The predicted molar refractivity (Wildman–Crippen MR) is 109 cm³/mol. The molecule has 0 aliphatic rings. The van der Waals surface area contributed by atoms with Crippen molar-refractivity contribution in [3.8, 4) is 28.0 Å². The molecule has 0 aliphatic carbocycles. The molecule has 3 aromatic carbocycles. The average molecular weight is 414 g/mol. The maximum absolute atomic E-state index is 13.6. The molecule has 6 heteroatoms. The lowest BCUT2D eigenvalue weighted by Crippen LogP contribution is -2.07. The van der Waals surface area contributed by atoms with Crippen molar-refractivity contribution in [2.45, 2.75) is 6.18 Å². The fourth-order valence-electron chi connectivity index (χ4n) is 3.41. The summed E-state index contributed by atoms with van der Waals surface area (Å²) in [5.74, 6) is 0.445. The molecule has 146 valence electrons. The fourth-order valence-corrected chi connectivity index (χ4v) is 3.61. The van der Waals surface area contributed by atoms with Gasteiger partial charge in [0.15, 0.2) is 0 Å². The van der Waals surface area contributed by atoms with Crippen LogP contribution in [0.5, 0.6) is 5.75 Å². The second-order valence-corrected chi connectivity index (χ2v) is 6.87. The molecule has 0 bridgehead atoms. The van der Waals surface area contributed by atoms with Crippen LogP contribution in [0.15, 0.2) is 72.9 Å². The van der Waals surface area contributed by atoms with Crippen molar-refractivity contribution >= 4 is 22.5 Å². The monoisotopic (exact) mass is 413 g/mol. The van der Waals surface area contributed by atoms with E-state index in [0.29, 0.717) is 27.3 Å². The van der Waals surface area contributed by atoms with Gasteiger partial charge in [-0.2, -0.15) is 13.2 Å². The van der Waals surface area contributed by atoms with Gasteiger partial charge in [-0.1, -0.05) is 60.1 Å². The van der Waals surface area contributed by atoms with E-state index in [2.05, 4.69) is 4.98 Å². The molecule has 0 unspecified atom stereocenters. The highest BCUT2D eigenvalue weighted by Crippen LogP contribution is 2.42. The van der Waals surface area contributed by atoms with Crippen molar-refractivity contribution in [2.75, 3.05) is 7.11 Å². The highest BCUT2D eigenvalue weighted by atomic mass is 35.5. The summed E-state index contributed by atoms with van der Waals surface area (Å²) in [5.41, 5.74) is 2.05. The van der Waals surface area contributed by atoms with E-state index in [0.717, 1.165) is 17.2 Å². The van der Waals surface area contributed by atoms with Gasteiger partial charge < -0.3 is 4.74 Å². The molecule has 1 aromatic heterocycles. The van der Waals surface area contributed by atoms with Crippen LogP contribution in [0, 0.1) is 0 Å². The number of pyridine rings is 1. The highest BCUT2D eigenvalue weighted by molar-refractivity contribution is 6.32. The van der Waals surface area contributed by atoms with E-state index in [1.54, 1.807) is 24.3 Å². The van der Waals surface area contributed by atoms with Crippen LogP contribution in [-0.4, -0.2) is 12.1 Å². The first kappa shape index (κ1) is 19.3. The van der Waals surface area contributed by atoms with E-state index in [9.17, 15) is 13.2 Å². The summed E-state index contributed by atoms with van der Waals surface area (Å²) < 4.78 is 46.0. The first-order valence-corrected chi connectivity index (χ1v) is 9.16. The SMILES string of the molecule is COc1cc(-c2c(-c3ccccc3)cnc3c(C(F)(F)F)cccc23)ccc1Cl. The molecule has 0 saturated heterocycles. The Morgan fingerprint density at radius 2 is 1.66 bits per heavy atom. The van der Waals surface area contributed by atoms with Gasteiger partial charge in [-0.15, -0.1) is 0 Å². The van der Waals surface area contributed by atoms with E-state index >= 15 is 0 Å². The topological polar surface area (TPSA) is 22.1 Å². The zero-order valence-corrected chi connectivity index (χ0v) is 16.1. The average Bonchev–Trinajstić information content (AvgIpc) is 2.73. The fraction of sp³-hybridized carbons (Fsp3) is 0.0870. The summed E-state index contributed by atoms with van der Waals surface area (Å²) in [4.78, 5) is 4.19. The van der Waals surface area contributed by atoms with Crippen molar-refractivity contribution in [1.29, 1.82) is 0 Å². The third-order valence-corrected chi connectivity index (χ3v) is 5.04. The number of aromatic nitrogens is 1. The van der Waals surface area contributed by atoms with Crippen molar-refractivity contribution in [3.05, 3.63) is 83.5 Å². The molecule has 2 nitrogen and oxygen atoms in total. The smallest absolute Gasteiger partial charge is 0.418 e. The molecular formula is C23H15ClF3NO. The normalized spacial score (nSPS) is 11.6. The van der Waals surface area contributed by atoms with Gasteiger partial charge in [-0.25, -0.2) is 0 Å². The van der Waals surface area contributed by atoms with Crippen LogP contribution >= 0.6 is 11.6 Å². The van der Waals surface area contributed by atoms with Crippen molar-refractivity contribution in [1.82, 2.24) is 4.98 Å². The summed E-state index contributed by atoms with van der Waals surface area (Å²) in [6, 6.07) is 18.7. The largest absolute Gasteiger partial charge is 0.495 e. The third-order valence-electron chi connectivity index (χ3n) is 4.73. The minimum Gasteiger partial charge on any atom is -0.495 e. The van der Waals surface area contributed by atoms with Crippen molar-refractivity contribution in [3.63, 3.8) is 0 Å². The Kier molecular flexibility index (Phi) is 4.92. The van der Waals surface area contributed by atoms with Gasteiger partial charge in [0, 0.05) is 22.7 Å². The molecule has 0 fully saturated rings. The maximum atomic E-state index is 13.6. The van der Waals surface area contributed by atoms with Gasteiger partial charge in [0.25, 0.3) is 0 Å².